The van der Waals surface area contributed by atoms with Gasteiger partial charge in [0.25, 0.3) is 0 Å². The lowest BCUT2D eigenvalue weighted by Crippen LogP contribution is -2.22. The number of carbonyl (C=O) groups excluding carboxylic acids is 1. The molecule has 0 atom stereocenters. The Labute approximate surface area is 235 Å². The number of hydrogen-bond donors (Lipinski definition) is 0. The number of nitrogens with zero attached hydrogens (tertiary/aromatic N) is 4. The van der Waals surface area contributed by atoms with E-state index in [4.69, 9.17) is 14.2 Å². The van der Waals surface area contributed by atoms with Crippen LogP contribution in [0.4, 0.5) is 4.39 Å². The van der Waals surface area contributed by atoms with Gasteiger partial charge in [-0.1, -0.05) is 12.1 Å². The summed E-state index contributed by atoms with van der Waals surface area (Å²) in [7, 11) is 3.09. The molecule has 0 fully saturated rings. The molecule has 0 aliphatic heterocycles. The van der Waals surface area contributed by atoms with Crippen LogP contribution in [-0.4, -0.2) is 39.8 Å². The van der Waals surface area contributed by atoms with Crippen molar-refractivity contribution < 1.29 is 23.4 Å². The van der Waals surface area contributed by atoms with Crippen molar-refractivity contribution in [1.29, 1.82) is 0 Å². The Morgan fingerprint density at radius 3 is 2.32 bits per heavy atom. The fourth-order valence-electron chi connectivity index (χ4n) is 4.33. The summed E-state index contributed by atoms with van der Waals surface area (Å²) in [5, 5.41) is 8.97. The van der Waals surface area contributed by atoms with Crippen LogP contribution < -0.4 is 19.6 Å². The second-order valence-corrected chi connectivity index (χ2v) is 9.56. The van der Waals surface area contributed by atoms with Crippen molar-refractivity contribution in [3.8, 4) is 34.3 Å². The van der Waals surface area contributed by atoms with Gasteiger partial charge in [-0.05, 0) is 49.7 Å². The number of hydrogen-bond acceptors (Lipinski definition) is 8. The Balaban J connectivity index is 1.39. The van der Waals surface area contributed by atoms with E-state index in [0.29, 0.717) is 45.0 Å². The lowest BCUT2D eigenvalue weighted by Gasteiger charge is -2.15. The highest BCUT2D eigenvalue weighted by molar-refractivity contribution is 5.98. The summed E-state index contributed by atoms with van der Waals surface area (Å²) in [5.41, 5.74) is 1.46. The molecule has 0 unspecified atom stereocenters. The molecule has 5 aromatic rings. The molecular formula is C31H27FN4O5. The number of Topliss-reactive ketones (excluding diaryl/α,β-unsaturated/α-hetero) is 1. The second kappa shape index (κ2) is 11.5. The quantitative estimate of drug-likeness (QED) is 0.210. The highest BCUT2D eigenvalue weighted by Gasteiger charge is 2.19. The number of benzene rings is 2. The van der Waals surface area contributed by atoms with Gasteiger partial charge in [0.1, 0.15) is 11.6 Å². The molecule has 0 aliphatic carbocycles. The van der Waals surface area contributed by atoms with Crippen LogP contribution in [-0.2, 0) is 6.42 Å². The average molecular weight is 555 g/mol. The van der Waals surface area contributed by atoms with E-state index in [1.54, 1.807) is 67.7 Å². The molecule has 0 aliphatic rings. The van der Waals surface area contributed by atoms with Crippen LogP contribution in [0.1, 0.15) is 35.9 Å². The fourth-order valence-corrected chi connectivity index (χ4v) is 4.33. The summed E-state index contributed by atoms with van der Waals surface area (Å²) >= 11 is 0. The van der Waals surface area contributed by atoms with Crippen molar-refractivity contribution in [3.63, 3.8) is 0 Å². The zero-order chi connectivity index (χ0) is 29.1. The van der Waals surface area contributed by atoms with Gasteiger partial charge in [-0.15, -0.1) is 5.10 Å². The maximum Gasteiger partial charge on any atom is 0.238 e. The molecule has 3 heterocycles. The molecule has 0 amide bonds. The van der Waals surface area contributed by atoms with Gasteiger partial charge < -0.3 is 18.8 Å². The normalized spacial score (nSPS) is 11.1. The van der Waals surface area contributed by atoms with Crippen molar-refractivity contribution in [2.24, 2.45) is 0 Å². The molecule has 208 valence electrons. The molecule has 0 N–H and O–H groups in total. The predicted octanol–water partition coefficient (Wildman–Crippen LogP) is 5.81. The highest BCUT2D eigenvalue weighted by atomic mass is 19.1. The van der Waals surface area contributed by atoms with Crippen LogP contribution in [0.15, 0.2) is 78.0 Å². The predicted molar refractivity (Wildman–Crippen MR) is 151 cm³/mol. The molecule has 0 radical (unpaired) electrons. The summed E-state index contributed by atoms with van der Waals surface area (Å²) < 4.78 is 32.0. The van der Waals surface area contributed by atoms with E-state index >= 15 is 0 Å². The fraction of sp³-hybridized carbons (Fsp3) is 0.194. The maximum absolute atomic E-state index is 13.5. The average Bonchev–Trinajstić information content (AvgIpc) is 2.98. The molecule has 5 rings (SSSR count). The SMILES string of the molecule is COc1cc2nccc(Oc3ccc(CC(=O)c4cn(C(C)C)cc(-c5ccc(F)cc5)c4=O)nn3)c2cc1OC. The molecule has 2 aromatic carbocycles. The number of rotatable bonds is 9. The van der Waals surface area contributed by atoms with Gasteiger partial charge in [-0.2, -0.15) is 5.10 Å². The first kappa shape index (κ1) is 27.4. The Hall–Kier alpha value is -5.12. The van der Waals surface area contributed by atoms with Crippen LogP contribution in [0.3, 0.4) is 0 Å². The summed E-state index contributed by atoms with van der Waals surface area (Å²) in [4.78, 5) is 30.9. The van der Waals surface area contributed by atoms with Crippen molar-refractivity contribution in [3.05, 3.63) is 100 Å². The van der Waals surface area contributed by atoms with Crippen molar-refractivity contribution in [1.82, 2.24) is 19.7 Å². The van der Waals surface area contributed by atoms with E-state index in [0.717, 1.165) is 0 Å². The number of methoxy groups -OCH3 is 2. The molecule has 41 heavy (non-hydrogen) atoms. The monoisotopic (exact) mass is 554 g/mol. The van der Waals surface area contributed by atoms with Crippen LogP contribution >= 0.6 is 0 Å². The molecular weight excluding hydrogens is 527 g/mol. The van der Waals surface area contributed by atoms with Gasteiger partial charge in [0.2, 0.25) is 5.88 Å². The van der Waals surface area contributed by atoms with E-state index in [9.17, 15) is 14.0 Å². The standard InChI is InChI=1S/C31H27FN4O5/c1-18(2)36-16-23(19-5-7-20(32)8-6-19)31(38)24(17-36)26(37)13-21-9-10-30(35-34-21)41-27-11-12-33-25-15-29(40-4)28(39-3)14-22(25)27/h5-12,14-18H,13H2,1-4H3. The van der Waals surface area contributed by atoms with Crippen LogP contribution in [0.2, 0.25) is 0 Å². The number of halogens is 1. The lowest BCUT2D eigenvalue weighted by atomic mass is 10.0. The minimum atomic E-state index is -0.428. The number of aromatic nitrogens is 4. The number of carbonyl (C=O) groups is 1. The zero-order valence-electron chi connectivity index (χ0n) is 22.9. The summed E-state index contributed by atoms with van der Waals surface area (Å²) in [5.74, 6) is 0.954. The Kier molecular flexibility index (Phi) is 7.73. The topological polar surface area (TPSA) is 105 Å². The Morgan fingerprint density at radius 1 is 0.927 bits per heavy atom. The molecule has 9 nitrogen and oxygen atoms in total. The van der Waals surface area contributed by atoms with Gasteiger partial charge in [0.15, 0.2) is 22.7 Å². The van der Waals surface area contributed by atoms with E-state index in [1.165, 1.54) is 24.3 Å². The Bertz CT molecular complexity index is 1780. The highest BCUT2D eigenvalue weighted by Crippen LogP contribution is 2.36. The van der Waals surface area contributed by atoms with Gasteiger partial charge in [-0.25, -0.2) is 4.39 Å². The van der Waals surface area contributed by atoms with E-state index in [-0.39, 0.29) is 23.9 Å². The summed E-state index contributed by atoms with van der Waals surface area (Å²) in [6.07, 6.45) is 4.69. The van der Waals surface area contributed by atoms with Crippen molar-refractivity contribution >= 4 is 16.7 Å². The van der Waals surface area contributed by atoms with Crippen LogP contribution in [0.25, 0.3) is 22.0 Å². The third-order valence-electron chi connectivity index (χ3n) is 6.56. The maximum atomic E-state index is 13.5. The number of fused-ring (bicyclic) bond motifs is 1. The van der Waals surface area contributed by atoms with Crippen LogP contribution in [0.5, 0.6) is 23.1 Å². The van der Waals surface area contributed by atoms with Crippen LogP contribution in [0, 0.1) is 5.82 Å². The molecule has 3 aromatic heterocycles. The van der Waals surface area contributed by atoms with Gasteiger partial charge in [-0.3, -0.25) is 14.6 Å². The molecule has 0 saturated heterocycles. The van der Waals surface area contributed by atoms with Gasteiger partial charge in [0, 0.05) is 47.7 Å². The Morgan fingerprint density at radius 2 is 1.66 bits per heavy atom. The minimum Gasteiger partial charge on any atom is -0.493 e. The molecule has 10 heteroatoms. The first-order valence-corrected chi connectivity index (χ1v) is 12.8. The molecule has 0 saturated carbocycles. The number of pyridine rings is 2. The van der Waals surface area contributed by atoms with E-state index in [1.807, 2.05) is 13.8 Å². The zero-order valence-corrected chi connectivity index (χ0v) is 22.9. The third kappa shape index (κ3) is 5.76. The largest absolute Gasteiger partial charge is 0.493 e. The summed E-state index contributed by atoms with van der Waals surface area (Å²) in [6, 6.07) is 14.0. The lowest BCUT2D eigenvalue weighted by molar-refractivity contribution is 0.0989. The minimum absolute atomic E-state index is 0.0112. The second-order valence-electron chi connectivity index (χ2n) is 9.56. The van der Waals surface area contributed by atoms with E-state index in [2.05, 4.69) is 15.2 Å². The van der Waals surface area contributed by atoms with Crippen molar-refractivity contribution in [2.45, 2.75) is 26.3 Å². The van der Waals surface area contributed by atoms with Gasteiger partial charge >= 0.3 is 0 Å². The van der Waals surface area contributed by atoms with Crippen molar-refractivity contribution in [2.75, 3.05) is 14.2 Å². The molecule has 0 bridgehead atoms. The third-order valence-corrected chi connectivity index (χ3v) is 6.56. The smallest absolute Gasteiger partial charge is 0.238 e. The first-order chi connectivity index (χ1) is 19.8. The van der Waals surface area contributed by atoms with E-state index < -0.39 is 17.0 Å². The van der Waals surface area contributed by atoms with Gasteiger partial charge in [0.05, 0.1) is 37.4 Å². The first-order valence-electron chi connectivity index (χ1n) is 12.8. The number of ether oxygens (including phenoxy) is 3. The molecule has 0 spiro atoms. The number of ketones is 1. The summed E-state index contributed by atoms with van der Waals surface area (Å²) in [6.45, 7) is 3.88.